The first kappa shape index (κ1) is 14.3. The summed E-state index contributed by atoms with van der Waals surface area (Å²) >= 11 is 0. The largest absolute Gasteiger partial charge is 0.451 e. The van der Waals surface area contributed by atoms with Gasteiger partial charge in [-0.3, -0.25) is 0 Å². The fourth-order valence-electron chi connectivity index (χ4n) is 3.76. The van der Waals surface area contributed by atoms with E-state index in [0.29, 0.717) is 5.57 Å². The van der Waals surface area contributed by atoms with Gasteiger partial charge in [0.25, 0.3) is 0 Å². The van der Waals surface area contributed by atoms with Crippen LogP contribution in [0, 0.1) is 6.92 Å². The number of ether oxygens (including phenoxy) is 1. The number of hydrogen-bond donors (Lipinski definition) is 1. The van der Waals surface area contributed by atoms with E-state index in [1.54, 1.807) is 6.92 Å². The predicted octanol–water partition coefficient (Wildman–Crippen LogP) is 3.60. The Kier molecular flexibility index (Phi) is 3.62. The number of aliphatic hydroxyl groups is 1. The van der Waals surface area contributed by atoms with Crippen molar-refractivity contribution < 1.29 is 14.6 Å². The number of aliphatic hydroxyl groups excluding tert-OH is 1. The summed E-state index contributed by atoms with van der Waals surface area (Å²) in [6.45, 7) is 3.77. The summed E-state index contributed by atoms with van der Waals surface area (Å²) in [5.74, 6) is -0.264. The van der Waals surface area contributed by atoms with Gasteiger partial charge in [-0.1, -0.05) is 30.7 Å². The number of aryl methyl sites for hydroxylation is 1. The molecule has 1 N–H and O–H groups in total. The number of carbonyl (C=O) groups is 1. The molecule has 1 aromatic rings. The van der Waals surface area contributed by atoms with E-state index in [-0.39, 0.29) is 5.97 Å². The van der Waals surface area contributed by atoms with Crippen molar-refractivity contribution >= 4 is 5.97 Å². The van der Waals surface area contributed by atoms with E-state index in [1.165, 1.54) is 6.42 Å². The van der Waals surface area contributed by atoms with Gasteiger partial charge in [-0.15, -0.1) is 0 Å². The van der Waals surface area contributed by atoms with E-state index in [4.69, 9.17) is 4.74 Å². The van der Waals surface area contributed by atoms with Crippen LogP contribution in [-0.4, -0.2) is 16.7 Å². The second kappa shape index (κ2) is 5.30. The third-order valence-corrected chi connectivity index (χ3v) is 4.91. The molecule has 1 heterocycles. The Hall–Kier alpha value is -1.61. The average molecular weight is 286 g/mol. The summed E-state index contributed by atoms with van der Waals surface area (Å²) in [7, 11) is 0. The minimum absolute atomic E-state index is 0.264. The molecular weight excluding hydrogens is 264 g/mol. The highest BCUT2D eigenvalue weighted by molar-refractivity contribution is 5.92. The Morgan fingerprint density at radius 3 is 2.48 bits per heavy atom. The van der Waals surface area contributed by atoms with Crippen molar-refractivity contribution in [2.45, 2.75) is 57.7 Å². The first-order chi connectivity index (χ1) is 10.1. The number of rotatable bonds is 2. The van der Waals surface area contributed by atoms with Crippen molar-refractivity contribution in [3.05, 3.63) is 46.5 Å². The Balaban J connectivity index is 2.05. The summed E-state index contributed by atoms with van der Waals surface area (Å²) in [6.07, 6.45) is 4.17. The molecule has 3 rings (SSSR count). The van der Waals surface area contributed by atoms with Gasteiger partial charge in [0.05, 0.1) is 0 Å². The SMILES string of the molecule is CC1=C(C(O)c2ccccc2C)C2(CCCCC2)OC1=O. The fourth-order valence-corrected chi connectivity index (χ4v) is 3.76. The van der Waals surface area contributed by atoms with Crippen LogP contribution in [0.3, 0.4) is 0 Å². The van der Waals surface area contributed by atoms with Crippen molar-refractivity contribution in [2.75, 3.05) is 0 Å². The Bertz CT molecular complexity index is 594. The Morgan fingerprint density at radius 2 is 1.81 bits per heavy atom. The van der Waals surface area contributed by atoms with Crippen LogP contribution in [0.15, 0.2) is 35.4 Å². The molecule has 0 bridgehead atoms. The summed E-state index contributed by atoms with van der Waals surface area (Å²) in [5.41, 5.74) is 2.72. The van der Waals surface area contributed by atoms with Gasteiger partial charge in [0.1, 0.15) is 11.7 Å². The first-order valence-electron chi connectivity index (χ1n) is 7.73. The smallest absolute Gasteiger partial charge is 0.334 e. The Labute approximate surface area is 125 Å². The van der Waals surface area contributed by atoms with Gasteiger partial charge < -0.3 is 9.84 Å². The van der Waals surface area contributed by atoms with Crippen LogP contribution in [0.4, 0.5) is 0 Å². The molecular formula is C18H22O3. The van der Waals surface area contributed by atoms with E-state index in [2.05, 4.69) is 0 Å². The average Bonchev–Trinajstić information content (AvgIpc) is 2.70. The van der Waals surface area contributed by atoms with Crippen LogP contribution >= 0.6 is 0 Å². The first-order valence-corrected chi connectivity index (χ1v) is 7.73. The maximum absolute atomic E-state index is 12.1. The lowest BCUT2D eigenvalue weighted by molar-refractivity contribution is -0.149. The topological polar surface area (TPSA) is 46.5 Å². The quantitative estimate of drug-likeness (QED) is 0.845. The van der Waals surface area contributed by atoms with Gasteiger partial charge in [-0.25, -0.2) is 4.79 Å². The molecule has 112 valence electrons. The molecule has 3 heteroatoms. The second-order valence-corrected chi connectivity index (χ2v) is 6.24. The molecule has 1 saturated carbocycles. The van der Waals surface area contributed by atoms with Crippen molar-refractivity contribution in [1.29, 1.82) is 0 Å². The maximum atomic E-state index is 12.1. The summed E-state index contributed by atoms with van der Waals surface area (Å²) in [5, 5.41) is 10.9. The zero-order valence-electron chi connectivity index (χ0n) is 12.7. The van der Waals surface area contributed by atoms with Crippen LogP contribution in [0.25, 0.3) is 0 Å². The summed E-state index contributed by atoms with van der Waals surface area (Å²) < 4.78 is 5.72. The molecule has 21 heavy (non-hydrogen) atoms. The minimum atomic E-state index is -0.754. The van der Waals surface area contributed by atoms with E-state index >= 15 is 0 Å². The molecule has 1 unspecified atom stereocenters. The van der Waals surface area contributed by atoms with Crippen LogP contribution < -0.4 is 0 Å². The van der Waals surface area contributed by atoms with Crippen LogP contribution in [0.1, 0.15) is 56.3 Å². The molecule has 1 aromatic carbocycles. The van der Waals surface area contributed by atoms with Gasteiger partial charge in [0.15, 0.2) is 0 Å². The molecule has 0 aromatic heterocycles. The van der Waals surface area contributed by atoms with Crippen molar-refractivity contribution in [3.8, 4) is 0 Å². The molecule has 0 radical (unpaired) electrons. The van der Waals surface area contributed by atoms with Gasteiger partial charge in [0.2, 0.25) is 0 Å². The molecule has 1 spiro atoms. The molecule has 1 fully saturated rings. The summed E-state index contributed by atoms with van der Waals surface area (Å²) in [6, 6.07) is 7.80. The third kappa shape index (κ3) is 2.30. The number of esters is 1. The molecule has 2 aliphatic rings. The molecule has 3 nitrogen and oxygen atoms in total. The molecule has 1 aliphatic carbocycles. The van der Waals surface area contributed by atoms with Crippen molar-refractivity contribution in [1.82, 2.24) is 0 Å². The fraction of sp³-hybridized carbons (Fsp3) is 0.500. The Morgan fingerprint density at radius 1 is 1.14 bits per heavy atom. The van der Waals surface area contributed by atoms with Crippen LogP contribution in [0.5, 0.6) is 0 Å². The lowest BCUT2D eigenvalue weighted by Gasteiger charge is -2.36. The van der Waals surface area contributed by atoms with E-state index in [1.807, 2.05) is 31.2 Å². The molecule has 0 amide bonds. The highest BCUT2D eigenvalue weighted by atomic mass is 16.6. The lowest BCUT2D eigenvalue weighted by Crippen LogP contribution is -2.36. The van der Waals surface area contributed by atoms with E-state index < -0.39 is 11.7 Å². The third-order valence-electron chi connectivity index (χ3n) is 4.91. The normalized spacial score (nSPS) is 22.5. The maximum Gasteiger partial charge on any atom is 0.334 e. The monoisotopic (exact) mass is 286 g/mol. The number of hydrogen-bond acceptors (Lipinski definition) is 3. The minimum Gasteiger partial charge on any atom is -0.451 e. The molecule has 0 saturated heterocycles. The van der Waals surface area contributed by atoms with Gasteiger partial charge >= 0.3 is 5.97 Å². The van der Waals surface area contributed by atoms with Crippen LogP contribution in [-0.2, 0) is 9.53 Å². The van der Waals surface area contributed by atoms with Crippen molar-refractivity contribution in [2.24, 2.45) is 0 Å². The van der Waals surface area contributed by atoms with E-state index in [0.717, 1.165) is 42.4 Å². The zero-order valence-corrected chi connectivity index (χ0v) is 12.7. The lowest BCUT2D eigenvalue weighted by atomic mass is 9.75. The summed E-state index contributed by atoms with van der Waals surface area (Å²) in [4.78, 5) is 12.1. The number of carbonyl (C=O) groups excluding carboxylic acids is 1. The predicted molar refractivity (Wildman–Crippen MR) is 80.7 cm³/mol. The van der Waals surface area contributed by atoms with Gasteiger partial charge in [-0.05, 0) is 50.7 Å². The van der Waals surface area contributed by atoms with E-state index in [9.17, 15) is 9.90 Å². The standard InChI is InChI=1S/C18H22O3/c1-12-8-4-5-9-14(12)16(19)15-13(2)17(20)21-18(15)10-6-3-7-11-18/h4-5,8-9,16,19H,3,6-7,10-11H2,1-2H3. The van der Waals surface area contributed by atoms with Crippen molar-refractivity contribution in [3.63, 3.8) is 0 Å². The van der Waals surface area contributed by atoms with Gasteiger partial charge in [-0.2, -0.15) is 0 Å². The second-order valence-electron chi connectivity index (χ2n) is 6.24. The van der Waals surface area contributed by atoms with Crippen LogP contribution in [0.2, 0.25) is 0 Å². The molecule has 1 aliphatic heterocycles. The van der Waals surface area contributed by atoms with Gasteiger partial charge in [0, 0.05) is 11.1 Å². The molecule has 1 atom stereocenters. The zero-order chi connectivity index (χ0) is 15.0. The highest BCUT2D eigenvalue weighted by Crippen LogP contribution is 2.48. The highest BCUT2D eigenvalue weighted by Gasteiger charge is 2.49. The number of benzene rings is 1.